The number of nitrogens with two attached hydrogens (primary N) is 1. The molecule has 0 spiro atoms. The van der Waals surface area contributed by atoms with Crippen LogP contribution in [0.25, 0.3) is 0 Å². The van der Waals surface area contributed by atoms with Gasteiger partial charge in [0.1, 0.15) is 12.1 Å². The molecule has 0 aliphatic carbocycles. The first-order valence-corrected chi connectivity index (χ1v) is 9.06. The first-order valence-electron chi connectivity index (χ1n) is 8.18. The predicted octanol–water partition coefficient (Wildman–Crippen LogP) is 0.330. The van der Waals surface area contributed by atoms with Gasteiger partial charge < -0.3 is 21.3 Å². The van der Waals surface area contributed by atoms with Gasteiger partial charge in [0.15, 0.2) is 0 Å². The summed E-state index contributed by atoms with van der Waals surface area (Å²) in [4.78, 5) is 26.3. The fourth-order valence-corrected chi connectivity index (χ4v) is 3.59. The van der Waals surface area contributed by atoms with Gasteiger partial charge in [0.2, 0.25) is 5.91 Å². The minimum absolute atomic E-state index is 0.162. The molecule has 0 fully saturated rings. The van der Waals surface area contributed by atoms with Gasteiger partial charge in [-0.15, -0.1) is 11.3 Å². The Morgan fingerprint density at radius 3 is 2.44 bits per heavy atom. The van der Waals surface area contributed by atoms with Crippen molar-refractivity contribution in [3.05, 3.63) is 58.3 Å². The van der Waals surface area contributed by atoms with E-state index in [1.807, 2.05) is 41.8 Å². The summed E-state index contributed by atoms with van der Waals surface area (Å²) >= 11 is 1.67. The van der Waals surface area contributed by atoms with E-state index in [4.69, 9.17) is 5.73 Å². The number of hydrogen-bond acceptors (Lipinski definition) is 3. The van der Waals surface area contributed by atoms with E-state index in [0.29, 0.717) is 13.0 Å². The van der Waals surface area contributed by atoms with E-state index in [2.05, 4.69) is 30.8 Å². The monoisotopic (exact) mass is 361 g/mol. The Labute approximate surface area is 152 Å². The molecular weight excluding hydrogens is 336 g/mol. The lowest BCUT2D eigenvalue weighted by molar-refractivity contribution is -0.890. The van der Waals surface area contributed by atoms with Gasteiger partial charge in [0, 0.05) is 6.42 Å². The Bertz CT molecular complexity index is 674. The second-order valence-corrected chi connectivity index (χ2v) is 7.12. The van der Waals surface area contributed by atoms with Crippen molar-refractivity contribution in [2.75, 3.05) is 20.6 Å². The lowest BCUT2D eigenvalue weighted by Gasteiger charge is -2.23. The highest BCUT2D eigenvalue weighted by Crippen LogP contribution is 2.15. The molecular formula is C18H25N4O2S+. The number of hydrogen-bond donors (Lipinski definition) is 4. The molecule has 1 aromatic heterocycles. The molecule has 0 radical (unpaired) electrons. The lowest BCUT2D eigenvalue weighted by atomic mass is 10.1. The number of benzene rings is 1. The molecule has 0 unspecified atom stereocenters. The van der Waals surface area contributed by atoms with Crippen molar-refractivity contribution in [3.8, 4) is 0 Å². The molecule has 0 aliphatic heterocycles. The molecule has 5 N–H and O–H groups in total. The molecule has 2 rings (SSSR count). The fraction of sp³-hybridized carbons (Fsp3) is 0.333. The normalized spacial score (nSPS) is 13.2. The van der Waals surface area contributed by atoms with E-state index in [-0.39, 0.29) is 11.9 Å². The molecule has 1 aromatic carbocycles. The summed E-state index contributed by atoms with van der Waals surface area (Å²) < 4.78 is 0. The molecule has 134 valence electrons. The number of carbonyl (C=O) groups excluding carboxylic acids is 2. The summed E-state index contributed by atoms with van der Waals surface area (Å²) in [6, 6.07) is 12.4. The first kappa shape index (κ1) is 19.0. The van der Waals surface area contributed by atoms with Gasteiger partial charge in [-0.2, -0.15) is 0 Å². The van der Waals surface area contributed by atoms with Crippen molar-refractivity contribution in [3.63, 3.8) is 0 Å². The average molecular weight is 361 g/mol. The number of amides is 3. The van der Waals surface area contributed by atoms with Crippen molar-refractivity contribution in [1.82, 2.24) is 10.6 Å². The van der Waals surface area contributed by atoms with Crippen LogP contribution in [-0.4, -0.2) is 38.6 Å². The number of carbonyl (C=O) groups is 2. The number of nitrogens with one attached hydrogen (secondary N) is 3. The molecule has 0 aliphatic rings. The van der Waals surface area contributed by atoms with Crippen LogP contribution in [0, 0.1) is 0 Å². The quantitative estimate of drug-likeness (QED) is 0.546. The second kappa shape index (κ2) is 9.19. The highest BCUT2D eigenvalue weighted by atomic mass is 32.1. The molecule has 6 nitrogen and oxygen atoms in total. The minimum Gasteiger partial charge on any atom is -0.352 e. The van der Waals surface area contributed by atoms with Gasteiger partial charge in [-0.1, -0.05) is 36.4 Å². The summed E-state index contributed by atoms with van der Waals surface area (Å²) in [6.07, 6.45) is 0.397. The van der Waals surface area contributed by atoms with Crippen LogP contribution >= 0.6 is 11.3 Å². The number of rotatable bonds is 8. The van der Waals surface area contributed by atoms with E-state index in [0.717, 1.165) is 5.56 Å². The first-order chi connectivity index (χ1) is 12.0. The standard InChI is InChI=1S/C18H24N4O2S/c1-22(2)15(16-9-6-10-25-16)12-20-17(23)14(21-18(19)24)11-13-7-4-3-5-8-13/h3-10,14-15H,11-12H2,1-2H3,(H,20,23)(H3,19,21,24)/p+1/t14-,15+/m0/s1. The van der Waals surface area contributed by atoms with Crippen LogP contribution in [0.5, 0.6) is 0 Å². The maximum absolute atomic E-state index is 12.6. The van der Waals surface area contributed by atoms with Crippen molar-refractivity contribution in [2.45, 2.75) is 18.5 Å². The van der Waals surface area contributed by atoms with Crippen LogP contribution in [0.1, 0.15) is 16.5 Å². The second-order valence-electron chi connectivity index (χ2n) is 6.14. The zero-order valence-electron chi connectivity index (χ0n) is 14.5. The predicted molar refractivity (Wildman–Crippen MR) is 99.5 cm³/mol. The third kappa shape index (κ3) is 5.88. The Hall–Kier alpha value is -2.38. The van der Waals surface area contributed by atoms with Crippen LogP contribution in [0.15, 0.2) is 47.8 Å². The Balaban J connectivity index is 2.01. The molecule has 3 amide bonds. The van der Waals surface area contributed by atoms with E-state index < -0.39 is 12.1 Å². The molecule has 2 aromatic rings. The van der Waals surface area contributed by atoms with Crippen molar-refractivity contribution in [2.24, 2.45) is 5.73 Å². The van der Waals surface area contributed by atoms with E-state index >= 15 is 0 Å². The largest absolute Gasteiger partial charge is 0.352 e. The number of thiophene rings is 1. The van der Waals surface area contributed by atoms with Crippen LogP contribution in [0.3, 0.4) is 0 Å². The number of urea groups is 1. The highest BCUT2D eigenvalue weighted by molar-refractivity contribution is 7.10. The van der Waals surface area contributed by atoms with Gasteiger partial charge >= 0.3 is 6.03 Å². The third-order valence-electron chi connectivity index (χ3n) is 3.98. The maximum atomic E-state index is 12.6. The molecule has 25 heavy (non-hydrogen) atoms. The lowest BCUT2D eigenvalue weighted by Crippen LogP contribution is -3.07. The summed E-state index contributed by atoms with van der Waals surface area (Å²) in [7, 11) is 4.11. The fourth-order valence-electron chi connectivity index (χ4n) is 2.64. The van der Waals surface area contributed by atoms with Gasteiger partial charge in [0.05, 0.1) is 25.5 Å². The molecule has 7 heteroatoms. The molecule has 2 atom stereocenters. The Morgan fingerprint density at radius 2 is 1.88 bits per heavy atom. The Kier molecular flexibility index (Phi) is 6.97. The van der Waals surface area contributed by atoms with Crippen LogP contribution in [-0.2, 0) is 11.2 Å². The topological polar surface area (TPSA) is 88.7 Å². The number of primary amides is 1. The van der Waals surface area contributed by atoms with Crippen LogP contribution < -0.4 is 21.3 Å². The summed E-state index contributed by atoms with van der Waals surface area (Å²) in [5, 5.41) is 7.52. The van der Waals surface area contributed by atoms with Crippen LogP contribution in [0.4, 0.5) is 4.79 Å². The summed E-state index contributed by atoms with van der Waals surface area (Å²) in [6.45, 7) is 0.493. The van der Waals surface area contributed by atoms with Crippen molar-refractivity contribution < 1.29 is 14.5 Å². The summed E-state index contributed by atoms with van der Waals surface area (Å²) in [5.41, 5.74) is 6.20. The third-order valence-corrected chi connectivity index (χ3v) is 4.97. The van der Waals surface area contributed by atoms with Crippen molar-refractivity contribution in [1.29, 1.82) is 0 Å². The average Bonchev–Trinajstić information content (AvgIpc) is 3.08. The van der Waals surface area contributed by atoms with Crippen LogP contribution in [0.2, 0.25) is 0 Å². The number of quaternary nitrogens is 1. The van der Waals surface area contributed by atoms with E-state index in [1.165, 1.54) is 9.78 Å². The Morgan fingerprint density at radius 1 is 1.16 bits per heavy atom. The molecule has 0 saturated heterocycles. The van der Waals surface area contributed by atoms with Gasteiger partial charge in [-0.3, -0.25) is 4.79 Å². The maximum Gasteiger partial charge on any atom is 0.312 e. The highest BCUT2D eigenvalue weighted by Gasteiger charge is 2.24. The molecule has 0 saturated carbocycles. The molecule has 0 bridgehead atoms. The minimum atomic E-state index is -0.705. The van der Waals surface area contributed by atoms with E-state index in [1.54, 1.807) is 11.3 Å². The number of likely N-dealkylation sites (N-methyl/N-ethyl adjacent to an activating group) is 1. The van der Waals surface area contributed by atoms with Crippen molar-refractivity contribution >= 4 is 23.3 Å². The zero-order chi connectivity index (χ0) is 18.2. The summed E-state index contributed by atoms with van der Waals surface area (Å²) in [5.74, 6) is -0.231. The van der Waals surface area contributed by atoms with E-state index in [9.17, 15) is 9.59 Å². The van der Waals surface area contributed by atoms with Gasteiger partial charge in [-0.25, -0.2) is 4.79 Å². The SMILES string of the molecule is C[NH+](C)[C@H](CNC(=O)[C@H](Cc1ccccc1)NC(N)=O)c1cccs1. The molecule has 1 heterocycles. The smallest absolute Gasteiger partial charge is 0.312 e. The van der Waals surface area contributed by atoms with Gasteiger partial charge in [-0.05, 0) is 17.0 Å². The zero-order valence-corrected chi connectivity index (χ0v) is 15.3. The van der Waals surface area contributed by atoms with Gasteiger partial charge in [0.25, 0.3) is 0 Å².